The zero-order valence-electron chi connectivity index (χ0n) is 9.26. The van der Waals surface area contributed by atoms with Gasteiger partial charge in [0.1, 0.15) is 0 Å². The summed E-state index contributed by atoms with van der Waals surface area (Å²) in [5, 5.41) is 0. The van der Waals surface area contributed by atoms with Crippen molar-refractivity contribution < 1.29 is 0 Å². The molecule has 2 heteroatoms. The van der Waals surface area contributed by atoms with Gasteiger partial charge in [-0.1, -0.05) is 49.5 Å². The molecule has 0 amide bonds. The first-order valence-electron chi connectivity index (χ1n) is 5.18. The molecule has 0 aromatic carbocycles. The van der Waals surface area contributed by atoms with E-state index in [1.165, 1.54) is 11.1 Å². The average molecular weight is 234 g/mol. The smallest absolute Gasteiger partial charge is 0.0314 e. The van der Waals surface area contributed by atoms with Crippen LogP contribution in [0, 0.1) is 5.92 Å². The van der Waals surface area contributed by atoms with Crippen molar-refractivity contribution in [3.8, 4) is 0 Å². The summed E-state index contributed by atoms with van der Waals surface area (Å²) in [4.78, 5) is 0. The number of halogens is 1. The predicted molar refractivity (Wildman–Crippen MR) is 72.3 cm³/mol. The van der Waals surface area contributed by atoms with E-state index in [0.717, 1.165) is 5.70 Å². The largest absolute Gasteiger partial charge is 0.399 e. The summed E-state index contributed by atoms with van der Waals surface area (Å²) in [5.41, 5.74) is 9.15. The molecule has 1 nitrogen and oxygen atoms in total. The Morgan fingerprint density at radius 3 is 2.56 bits per heavy atom. The van der Waals surface area contributed by atoms with Crippen LogP contribution in [0.3, 0.4) is 0 Å². The number of hydrogen-bond acceptors (Lipinski definition) is 1. The van der Waals surface area contributed by atoms with E-state index in [0.29, 0.717) is 5.92 Å². The maximum absolute atomic E-state index is 5.78. The molecular weight excluding hydrogens is 218 g/mol. The van der Waals surface area contributed by atoms with Crippen molar-refractivity contribution in [3.05, 3.63) is 71.5 Å². The summed E-state index contributed by atoms with van der Waals surface area (Å²) in [6, 6.07) is 0. The Morgan fingerprint density at radius 1 is 1.00 bits per heavy atom. The fourth-order valence-electron chi connectivity index (χ4n) is 1.76. The molecule has 0 spiro atoms. The van der Waals surface area contributed by atoms with Gasteiger partial charge < -0.3 is 5.73 Å². The van der Waals surface area contributed by atoms with Crippen molar-refractivity contribution in [3.63, 3.8) is 0 Å². The highest BCUT2D eigenvalue weighted by Crippen LogP contribution is 2.26. The van der Waals surface area contributed by atoms with Gasteiger partial charge in [-0.3, -0.25) is 0 Å². The number of hydrogen-bond donors (Lipinski definition) is 1. The molecule has 0 aromatic rings. The van der Waals surface area contributed by atoms with Crippen molar-refractivity contribution >= 4 is 12.4 Å². The van der Waals surface area contributed by atoms with Crippen LogP contribution in [0.1, 0.15) is 6.92 Å². The van der Waals surface area contributed by atoms with Crippen LogP contribution in [0.25, 0.3) is 0 Å². The Hall–Kier alpha value is -1.47. The van der Waals surface area contributed by atoms with Crippen molar-refractivity contribution in [2.45, 2.75) is 6.92 Å². The van der Waals surface area contributed by atoms with E-state index in [4.69, 9.17) is 5.73 Å². The molecule has 0 bridgehead atoms. The zero-order valence-corrected chi connectivity index (χ0v) is 10.1. The van der Waals surface area contributed by atoms with Crippen LogP contribution in [0.15, 0.2) is 71.5 Å². The Balaban J connectivity index is 0.00000128. The lowest BCUT2D eigenvalue weighted by Gasteiger charge is -2.16. The third kappa shape index (κ3) is 2.77. The molecule has 0 heterocycles. The summed E-state index contributed by atoms with van der Waals surface area (Å²) in [7, 11) is 0. The SMILES string of the molecule is CC1C=CC=C2\C=C/C(N)=C\C=C/C=C\21.Cl. The lowest BCUT2D eigenvalue weighted by atomic mass is 9.89. The van der Waals surface area contributed by atoms with Gasteiger partial charge in [0.2, 0.25) is 0 Å². The van der Waals surface area contributed by atoms with Crippen LogP contribution in [-0.2, 0) is 0 Å². The van der Waals surface area contributed by atoms with Crippen LogP contribution in [0.2, 0.25) is 0 Å². The number of allylic oxidation sites excluding steroid dienone is 11. The van der Waals surface area contributed by atoms with Crippen LogP contribution >= 0.6 is 12.4 Å². The normalized spacial score (nSPS) is 33.3. The van der Waals surface area contributed by atoms with Gasteiger partial charge in [-0.05, 0) is 29.2 Å². The van der Waals surface area contributed by atoms with E-state index in [-0.39, 0.29) is 12.4 Å². The molecule has 2 rings (SSSR count). The Morgan fingerprint density at radius 2 is 1.75 bits per heavy atom. The van der Waals surface area contributed by atoms with E-state index in [2.05, 4.69) is 37.3 Å². The highest BCUT2D eigenvalue weighted by molar-refractivity contribution is 5.85. The van der Waals surface area contributed by atoms with E-state index >= 15 is 0 Å². The molecule has 0 saturated carbocycles. The molecular formula is C14H16ClN. The van der Waals surface area contributed by atoms with Gasteiger partial charge in [0.15, 0.2) is 0 Å². The molecule has 0 radical (unpaired) electrons. The number of fused-ring (bicyclic) bond motifs is 1. The minimum absolute atomic E-state index is 0. The molecule has 0 saturated heterocycles. The second kappa shape index (κ2) is 5.57. The molecule has 84 valence electrons. The fraction of sp³-hybridized carbons (Fsp3) is 0.143. The minimum Gasteiger partial charge on any atom is -0.399 e. The third-order valence-electron chi connectivity index (χ3n) is 2.63. The summed E-state index contributed by atoms with van der Waals surface area (Å²) in [5.74, 6) is 0.471. The van der Waals surface area contributed by atoms with Gasteiger partial charge in [0.25, 0.3) is 0 Å². The van der Waals surface area contributed by atoms with E-state index < -0.39 is 0 Å². The van der Waals surface area contributed by atoms with Crippen LogP contribution in [-0.4, -0.2) is 0 Å². The molecule has 2 aliphatic rings. The standard InChI is InChI=1S/C14H15N.ClH/c1-11-5-4-6-12-9-10-13(15)7-2-3-8-14(11)12;/h2-11H,15H2,1H3;1H/b3-2-,10-9-,13-7+,14-8-;. The van der Waals surface area contributed by atoms with Crippen molar-refractivity contribution in [2.75, 3.05) is 0 Å². The lowest BCUT2D eigenvalue weighted by molar-refractivity contribution is 0.870. The van der Waals surface area contributed by atoms with Crippen LogP contribution < -0.4 is 5.73 Å². The molecule has 1 atom stereocenters. The van der Waals surface area contributed by atoms with Crippen molar-refractivity contribution in [2.24, 2.45) is 11.7 Å². The molecule has 2 N–H and O–H groups in total. The average Bonchev–Trinajstić information content (AvgIpc) is 2.31. The first-order valence-corrected chi connectivity index (χ1v) is 5.18. The number of nitrogens with two attached hydrogens (primary N) is 1. The molecule has 0 aliphatic heterocycles. The van der Waals surface area contributed by atoms with Gasteiger partial charge in [0, 0.05) is 5.70 Å². The maximum atomic E-state index is 5.78. The molecule has 0 fully saturated rings. The Bertz CT molecular complexity index is 434. The zero-order chi connectivity index (χ0) is 10.7. The fourth-order valence-corrected chi connectivity index (χ4v) is 1.76. The predicted octanol–water partition coefficient (Wildman–Crippen LogP) is 3.44. The monoisotopic (exact) mass is 233 g/mol. The van der Waals surface area contributed by atoms with Crippen LogP contribution in [0.5, 0.6) is 0 Å². The minimum atomic E-state index is 0. The quantitative estimate of drug-likeness (QED) is 0.682. The molecule has 1 unspecified atom stereocenters. The van der Waals surface area contributed by atoms with Gasteiger partial charge >= 0.3 is 0 Å². The van der Waals surface area contributed by atoms with Gasteiger partial charge in [-0.2, -0.15) is 0 Å². The summed E-state index contributed by atoms with van der Waals surface area (Å²) in [6.45, 7) is 2.20. The lowest BCUT2D eigenvalue weighted by Crippen LogP contribution is -2.01. The van der Waals surface area contributed by atoms with Crippen molar-refractivity contribution in [1.82, 2.24) is 0 Å². The molecule has 2 aliphatic carbocycles. The second-order valence-electron chi connectivity index (χ2n) is 3.80. The summed E-state index contributed by atoms with van der Waals surface area (Å²) >= 11 is 0. The maximum Gasteiger partial charge on any atom is 0.0314 e. The van der Waals surface area contributed by atoms with E-state index in [1.807, 2.05) is 24.3 Å². The summed E-state index contributed by atoms with van der Waals surface area (Å²) < 4.78 is 0. The summed E-state index contributed by atoms with van der Waals surface area (Å²) in [6.07, 6.45) is 18.5. The highest BCUT2D eigenvalue weighted by atomic mass is 35.5. The molecule has 0 aromatic heterocycles. The van der Waals surface area contributed by atoms with Gasteiger partial charge in [0.05, 0.1) is 0 Å². The van der Waals surface area contributed by atoms with Crippen molar-refractivity contribution in [1.29, 1.82) is 0 Å². The molecule has 16 heavy (non-hydrogen) atoms. The topological polar surface area (TPSA) is 26.0 Å². The second-order valence-corrected chi connectivity index (χ2v) is 3.80. The van der Waals surface area contributed by atoms with Crippen LogP contribution in [0.4, 0.5) is 0 Å². The van der Waals surface area contributed by atoms with Gasteiger partial charge in [-0.15, -0.1) is 12.4 Å². The van der Waals surface area contributed by atoms with Gasteiger partial charge in [-0.25, -0.2) is 0 Å². The van der Waals surface area contributed by atoms with E-state index in [1.54, 1.807) is 0 Å². The Kier molecular flexibility index (Phi) is 4.39. The first-order chi connectivity index (χ1) is 7.27. The number of rotatable bonds is 0. The third-order valence-corrected chi connectivity index (χ3v) is 2.63. The first kappa shape index (κ1) is 12.6. The van der Waals surface area contributed by atoms with E-state index in [9.17, 15) is 0 Å². The highest BCUT2D eigenvalue weighted by Gasteiger charge is 2.11. The Labute approximate surface area is 103 Å².